The van der Waals surface area contributed by atoms with E-state index in [0.29, 0.717) is 10.6 Å². The van der Waals surface area contributed by atoms with Crippen LogP contribution in [0.5, 0.6) is 0 Å². The third-order valence-corrected chi connectivity index (χ3v) is 6.49. The largest absolute Gasteiger partial charge is 0.395 e. The normalized spacial score (nSPS) is 14.9. The maximum atomic E-state index is 11.6. The fourth-order valence-electron chi connectivity index (χ4n) is 1.99. The number of hydrogen-bond donors (Lipinski definition) is 6. The topological polar surface area (TPSA) is 174 Å². The number of oxime groups is 1. The number of amides is 2. The van der Waals surface area contributed by atoms with Crippen LogP contribution in [0.4, 0.5) is 0 Å². The van der Waals surface area contributed by atoms with Crippen molar-refractivity contribution >= 4 is 39.6 Å². The molecule has 0 fully saturated rings. The summed E-state index contributed by atoms with van der Waals surface area (Å²) < 4.78 is 0. The highest BCUT2D eigenvalue weighted by molar-refractivity contribution is 8.76. The molecule has 1 aromatic heterocycles. The molecule has 0 aliphatic heterocycles. The molecule has 11 nitrogen and oxygen atoms in total. The Morgan fingerprint density at radius 1 is 1.25 bits per heavy atom. The van der Waals surface area contributed by atoms with Crippen LogP contribution in [0.1, 0.15) is 6.92 Å². The summed E-state index contributed by atoms with van der Waals surface area (Å²) in [5, 5.41) is 48.1. The number of hydrogen-bond acceptors (Lipinski definition) is 11. The van der Waals surface area contributed by atoms with Crippen molar-refractivity contribution in [3.05, 3.63) is 36.5 Å². The first kappa shape index (κ1) is 27.9. The van der Waals surface area contributed by atoms with Crippen molar-refractivity contribution in [3.8, 4) is 0 Å². The van der Waals surface area contributed by atoms with E-state index in [1.54, 1.807) is 31.3 Å². The Bertz CT molecular complexity index is 754. The maximum Gasteiger partial charge on any atom is 0.260 e. The van der Waals surface area contributed by atoms with Crippen molar-refractivity contribution in [2.24, 2.45) is 5.16 Å². The lowest BCUT2D eigenvalue weighted by atomic mass is 10.1. The highest BCUT2D eigenvalue weighted by Crippen LogP contribution is 2.35. The van der Waals surface area contributed by atoms with E-state index < -0.39 is 42.7 Å². The number of pyridine rings is 1. The summed E-state index contributed by atoms with van der Waals surface area (Å²) in [5.74, 6) is -0.822. The molecule has 0 saturated carbocycles. The zero-order valence-electron chi connectivity index (χ0n) is 17.5. The summed E-state index contributed by atoms with van der Waals surface area (Å²) in [4.78, 5) is 31.7. The van der Waals surface area contributed by atoms with Crippen molar-refractivity contribution in [2.45, 2.75) is 35.5 Å². The third kappa shape index (κ3) is 10.9. The van der Waals surface area contributed by atoms with Gasteiger partial charge in [-0.15, -0.1) is 0 Å². The van der Waals surface area contributed by atoms with Crippen LogP contribution in [0.2, 0.25) is 0 Å². The first-order chi connectivity index (χ1) is 15.3. The van der Waals surface area contributed by atoms with Gasteiger partial charge in [-0.2, -0.15) is 0 Å². The van der Waals surface area contributed by atoms with Crippen LogP contribution in [0.15, 0.2) is 46.7 Å². The standard InChI is InChI=1S/C19H28N4O7S2/c1-12(2)19(29)22-8-7-20-15(26)11-30-23-9-13(25)17(27)18(28)14(10-24)31-32-16-5-3-4-6-21-16/h3-6,9,13-14,17-18,24-25,27-28H,1,7-8,10-11H2,2H3,(H,20,26)(H,22,29)/b23-9+/t13-,14+,17+,18+/m1/s1. The Balaban J connectivity index is 2.33. The predicted molar refractivity (Wildman–Crippen MR) is 122 cm³/mol. The fourth-order valence-corrected chi connectivity index (χ4v) is 4.28. The van der Waals surface area contributed by atoms with E-state index in [0.717, 1.165) is 17.0 Å². The summed E-state index contributed by atoms with van der Waals surface area (Å²) >= 11 is 0. The van der Waals surface area contributed by atoms with Crippen molar-refractivity contribution in [1.29, 1.82) is 0 Å². The van der Waals surface area contributed by atoms with E-state index in [1.807, 2.05) is 0 Å². The number of carbonyl (C=O) groups is 2. The average Bonchev–Trinajstić information content (AvgIpc) is 2.79. The molecule has 2 amide bonds. The van der Waals surface area contributed by atoms with Crippen LogP contribution in [-0.2, 0) is 14.4 Å². The molecule has 0 unspecified atom stereocenters. The quantitative estimate of drug-likeness (QED) is 0.0595. The minimum atomic E-state index is -1.65. The Morgan fingerprint density at radius 2 is 1.97 bits per heavy atom. The highest BCUT2D eigenvalue weighted by Gasteiger charge is 2.31. The van der Waals surface area contributed by atoms with Crippen LogP contribution >= 0.6 is 21.6 Å². The second kappa shape index (κ2) is 15.6. The van der Waals surface area contributed by atoms with Crippen molar-refractivity contribution in [3.63, 3.8) is 0 Å². The minimum Gasteiger partial charge on any atom is -0.395 e. The van der Waals surface area contributed by atoms with Crippen LogP contribution in [0.25, 0.3) is 0 Å². The van der Waals surface area contributed by atoms with E-state index in [2.05, 4.69) is 27.4 Å². The second-order valence-corrected chi connectivity index (χ2v) is 8.91. The van der Waals surface area contributed by atoms with Gasteiger partial charge >= 0.3 is 0 Å². The summed E-state index contributed by atoms with van der Waals surface area (Å²) in [6, 6.07) is 5.29. The van der Waals surface area contributed by atoms with Crippen molar-refractivity contribution in [1.82, 2.24) is 15.6 Å². The van der Waals surface area contributed by atoms with E-state index in [9.17, 15) is 30.0 Å². The van der Waals surface area contributed by atoms with Gasteiger partial charge in [0.15, 0.2) is 6.61 Å². The SMILES string of the molecule is C=C(C)C(=O)NCCNC(=O)CO/N=C/[C@@H](O)[C@H](O)[C@@H](O)[C@H](CO)SSc1ccccn1. The molecule has 0 saturated heterocycles. The molecule has 32 heavy (non-hydrogen) atoms. The first-order valence-corrected chi connectivity index (χ1v) is 11.7. The lowest BCUT2D eigenvalue weighted by Gasteiger charge is -2.26. The van der Waals surface area contributed by atoms with Gasteiger partial charge in [-0.3, -0.25) is 9.59 Å². The molecule has 0 radical (unpaired) electrons. The zero-order valence-corrected chi connectivity index (χ0v) is 19.1. The molecule has 6 N–H and O–H groups in total. The van der Waals surface area contributed by atoms with Gasteiger partial charge in [-0.05, 0) is 29.9 Å². The van der Waals surface area contributed by atoms with Crippen molar-refractivity contribution in [2.75, 3.05) is 26.3 Å². The number of rotatable bonds is 15. The predicted octanol–water partition coefficient (Wildman–Crippen LogP) is -0.924. The van der Waals surface area contributed by atoms with E-state index in [1.165, 1.54) is 10.8 Å². The van der Waals surface area contributed by atoms with Gasteiger partial charge in [0.1, 0.15) is 17.2 Å². The number of aromatic nitrogens is 1. The van der Waals surface area contributed by atoms with Crippen LogP contribution in [-0.4, -0.2) is 93.3 Å². The number of nitrogens with one attached hydrogen (secondary N) is 2. The van der Waals surface area contributed by atoms with E-state index in [-0.39, 0.29) is 19.0 Å². The Kier molecular flexibility index (Phi) is 13.6. The summed E-state index contributed by atoms with van der Waals surface area (Å²) in [6.07, 6.45) is -2.29. The molecule has 1 rings (SSSR count). The smallest absolute Gasteiger partial charge is 0.260 e. The summed E-state index contributed by atoms with van der Waals surface area (Å²) in [6.45, 7) is 4.54. The van der Waals surface area contributed by atoms with Crippen LogP contribution in [0, 0.1) is 0 Å². The molecule has 0 spiro atoms. The van der Waals surface area contributed by atoms with Gasteiger partial charge in [0.05, 0.1) is 24.2 Å². The fraction of sp³-hybridized carbons (Fsp3) is 0.474. The van der Waals surface area contributed by atoms with E-state index in [4.69, 9.17) is 4.84 Å². The second-order valence-electron chi connectivity index (χ2n) is 6.45. The Labute approximate surface area is 193 Å². The molecule has 0 aliphatic rings. The Hall–Kier alpha value is -2.16. The number of carbonyl (C=O) groups excluding carboxylic acids is 2. The van der Waals surface area contributed by atoms with E-state index >= 15 is 0 Å². The zero-order chi connectivity index (χ0) is 23.9. The molecule has 1 aromatic rings. The molecular formula is C19H28N4O7S2. The van der Waals surface area contributed by atoms with Gasteiger partial charge in [0.2, 0.25) is 5.91 Å². The molecule has 0 aliphatic carbocycles. The number of aliphatic hydroxyl groups excluding tert-OH is 4. The number of aliphatic hydroxyl groups is 4. The lowest BCUT2D eigenvalue weighted by molar-refractivity contribution is -0.126. The van der Waals surface area contributed by atoms with Gasteiger partial charge in [0, 0.05) is 24.9 Å². The van der Waals surface area contributed by atoms with Crippen molar-refractivity contribution < 1.29 is 34.9 Å². The van der Waals surface area contributed by atoms with Gasteiger partial charge in [-0.1, -0.05) is 28.6 Å². The molecule has 0 aromatic carbocycles. The minimum absolute atomic E-state index is 0.176. The highest BCUT2D eigenvalue weighted by atomic mass is 33.1. The summed E-state index contributed by atoms with van der Waals surface area (Å²) in [5.41, 5.74) is 0.357. The average molecular weight is 489 g/mol. The van der Waals surface area contributed by atoms with Gasteiger partial charge < -0.3 is 35.9 Å². The molecular weight excluding hydrogens is 460 g/mol. The van der Waals surface area contributed by atoms with Gasteiger partial charge in [0.25, 0.3) is 5.91 Å². The van der Waals surface area contributed by atoms with Gasteiger partial charge in [-0.25, -0.2) is 4.98 Å². The summed E-state index contributed by atoms with van der Waals surface area (Å²) in [7, 11) is 2.31. The molecule has 1 heterocycles. The monoisotopic (exact) mass is 488 g/mol. The Morgan fingerprint density at radius 3 is 2.59 bits per heavy atom. The maximum absolute atomic E-state index is 11.6. The first-order valence-electron chi connectivity index (χ1n) is 9.51. The molecule has 0 bridgehead atoms. The molecule has 4 atom stereocenters. The number of nitrogens with zero attached hydrogens (tertiary/aromatic N) is 2. The molecule has 13 heteroatoms. The third-order valence-electron chi connectivity index (χ3n) is 3.76. The van der Waals surface area contributed by atoms with Crippen LogP contribution in [0.3, 0.4) is 0 Å². The molecule has 178 valence electrons. The lowest BCUT2D eigenvalue weighted by Crippen LogP contribution is -2.45. The van der Waals surface area contributed by atoms with Crippen LogP contribution < -0.4 is 10.6 Å².